The molecule has 2 rings (SSSR count). The van der Waals surface area contributed by atoms with Crippen LogP contribution in [0.1, 0.15) is 46.8 Å². The maximum Gasteiger partial charge on any atom is 0.272 e. The Balaban J connectivity index is 2.10. The van der Waals surface area contributed by atoms with E-state index in [1.807, 2.05) is 26.2 Å². The van der Waals surface area contributed by atoms with Crippen LogP contribution in [-0.2, 0) is 6.54 Å². The molecule has 2 aromatic rings. The quantitative estimate of drug-likeness (QED) is 0.897. The number of nitrogens with zero attached hydrogens (tertiary/aromatic N) is 3. The summed E-state index contributed by atoms with van der Waals surface area (Å²) in [7, 11) is 0. The number of nitrogen functional groups attached to an aromatic ring is 1. The number of nitrogens with one attached hydrogen (secondary N) is 1. The van der Waals surface area contributed by atoms with Crippen LogP contribution in [0.15, 0.2) is 11.6 Å². The molecule has 106 valence electrons. The Hall–Kier alpha value is -2.02. The highest BCUT2D eigenvalue weighted by Gasteiger charge is 2.15. The summed E-state index contributed by atoms with van der Waals surface area (Å²) in [6.45, 7) is 6.22. The van der Waals surface area contributed by atoms with Gasteiger partial charge >= 0.3 is 0 Å². The Bertz CT molecular complexity index is 623. The highest BCUT2D eigenvalue weighted by molar-refractivity contribution is 7.09. The number of aromatic nitrogens is 3. The number of hydrogen-bond donors (Lipinski definition) is 2. The lowest BCUT2D eigenvalue weighted by Crippen LogP contribution is -2.26. The first-order valence-electron chi connectivity index (χ1n) is 6.29. The fraction of sp³-hybridized carbons (Fsp3) is 0.385. The first-order chi connectivity index (χ1) is 9.47. The molecule has 2 heterocycles. The van der Waals surface area contributed by atoms with Crippen molar-refractivity contribution in [2.24, 2.45) is 0 Å². The molecule has 3 N–H and O–H groups in total. The Kier molecular flexibility index (Phi) is 4.29. The van der Waals surface area contributed by atoms with E-state index in [-0.39, 0.29) is 23.2 Å². The van der Waals surface area contributed by atoms with Crippen LogP contribution < -0.4 is 11.1 Å². The molecule has 0 fully saturated rings. The minimum absolute atomic E-state index is 0.142. The van der Waals surface area contributed by atoms with Crippen molar-refractivity contribution >= 4 is 22.9 Å². The maximum absolute atomic E-state index is 12.1. The summed E-state index contributed by atoms with van der Waals surface area (Å²) in [6, 6.07) is 0. The van der Waals surface area contributed by atoms with Crippen LogP contribution in [0, 0.1) is 6.92 Å². The van der Waals surface area contributed by atoms with Crippen LogP contribution in [0.25, 0.3) is 0 Å². The van der Waals surface area contributed by atoms with E-state index in [4.69, 9.17) is 5.73 Å². The summed E-state index contributed by atoms with van der Waals surface area (Å²) in [5.41, 5.74) is 7.09. The molecule has 0 aliphatic rings. The van der Waals surface area contributed by atoms with Gasteiger partial charge in [0.2, 0.25) is 0 Å². The molecule has 6 nitrogen and oxygen atoms in total. The first kappa shape index (κ1) is 14.4. The lowest BCUT2D eigenvalue weighted by molar-refractivity contribution is 0.0946. The third kappa shape index (κ3) is 3.30. The van der Waals surface area contributed by atoms with Gasteiger partial charge in [-0.1, -0.05) is 13.8 Å². The Morgan fingerprint density at radius 3 is 2.80 bits per heavy atom. The number of carbonyl (C=O) groups is 1. The summed E-state index contributed by atoms with van der Waals surface area (Å²) < 4.78 is 0. The zero-order valence-corrected chi connectivity index (χ0v) is 12.5. The van der Waals surface area contributed by atoms with Gasteiger partial charge in [0.15, 0.2) is 5.69 Å². The van der Waals surface area contributed by atoms with Crippen molar-refractivity contribution in [2.45, 2.75) is 33.2 Å². The zero-order chi connectivity index (χ0) is 14.7. The molecular weight excluding hydrogens is 274 g/mol. The molecule has 0 saturated heterocycles. The van der Waals surface area contributed by atoms with Crippen LogP contribution in [0.2, 0.25) is 0 Å². The van der Waals surface area contributed by atoms with E-state index in [0.717, 1.165) is 10.7 Å². The number of carbonyl (C=O) groups excluding carboxylic acids is 1. The summed E-state index contributed by atoms with van der Waals surface area (Å²) >= 11 is 1.55. The summed E-state index contributed by atoms with van der Waals surface area (Å²) in [4.78, 5) is 24.7. The fourth-order valence-corrected chi connectivity index (χ4v) is 2.22. The molecule has 0 atom stereocenters. The SMILES string of the molecule is Cc1nc(CNC(=O)c2nc(C(C)C)ncc2N)cs1. The smallest absolute Gasteiger partial charge is 0.272 e. The molecule has 0 bridgehead atoms. The van der Waals surface area contributed by atoms with Crippen molar-refractivity contribution in [3.8, 4) is 0 Å². The van der Waals surface area contributed by atoms with E-state index < -0.39 is 0 Å². The largest absolute Gasteiger partial charge is 0.396 e. The third-order valence-electron chi connectivity index (χ3n) is 2.66. The number of hydrogen-bond acceptors (Lipinski definition) is 6. The number of amides is 1. The van der Waals surface area contributed by atoms with Crippen molar-refractivity contribution in [2.75, 3.05) is 5.73 Å². The Labute approximate surface area is 121 Å². The van der Waals surface area contributed by atoms with Crippen LogP contribution in [0.3, 0.4) is 0 Å². The van der Waals surface area contributed by atoms with Crippen molar-refractivity contribution < 1.29 is 4.79 Å². The summed E-state index contributed by atoms with van der Waals surface area (Å²) in [6.07, 6.45) is 1.48. The molecule has 1 amide bonds. The van der Waals surface area contributed by atoms with Gasteiger partial charge in [0, 0.05) is 11.3 Å². The average molecular weight is 291 g/mol. The minimum atomic E-state index is -0.308. The summed E-state index contributed by atoms with van der Waals surface area (Å²) in [5, 5.41) is 5.66. The highest BCUT2D eigenvalue weighted by Crippen LogP contribution is 2.14. The van der Waals surface area contributed by atoms with Gasteiger partial charge in [0.25, 0.3) is 5.91 Å². The van der Waals surface area contributed by atoms with E-state index in [2.05, 4.69) is 20.3 Å². The van der Waals surface area contributed by atoms with Gasteiger partial charge in [-0.2, -0.15) is 0 Å². The molecule has 7 heteroatoms. The Morgan fingerprint density at radius 1 is 1.45 bits per heavy atom. The number of nitrogens with two attached hydrogens (primary N) is 1. The fourth-order valence-electron chi connectivity index (χ4n) is 1.61. The van der Waals surface area contributed by atoms with Crippen LogP contribution >= 0.6 is 11.3 Å². The number of thiazole rings is 1. The first-order valence-corrected chi connectivity index (χ1v) is 7.17. The van der Waals surface area contributed by atoms with Gasteiger partial charge in [-0.3, -0.25) is 4.79 Å². The molecule has 0 unspecified atom stereocenters. The number of rotatable bonds is 4. The highest BCUT2D eigenvalue weighted by atomic mass is 32.1. The van der Waals surface area contributed by atoms with Crippen molar-refractivity contribution in [3.05, 3.63) is 33.8 Å². The molecule has 0 saturated carbocycles. The van der Waals surface area contributed by atoms with Gasteiger partial charge in [-0.25, -0.2) is 15.0 Å². The molecule has 0 spiro atoms. The maximum atomic E-state index is 12.1. The molecule has 0 aliphatic heterocycles. The lowest BCUT2D eigenvalue weighted by Gasteiger charge is -2.09. The number of aryl methyl sites for hydroxylation is 1. The minimum Gasteiger partial charge on any atom is -0.396 e. The molecule has 0 aliphatic carbocycles. The zero-order valence-electron chi connectivity index (χ0n) is 11.7. The van der Waals surface area contributed by atoms with Crippen LogP contribution in [0.5, 0.6) is 0 Å². The predicted octanol–water partition coefficient (Wildman–Crippen LogP) is 1.88. The standard InChI is InChI=1S/C13H17N5OS/c1-7(2)12-15-5-10(14)11(18-12)13(19)16-4-9-6-20-8(3)17-9/h5-7H,4,14H2,1-3H3,(H,16,19). The van der Waals surface area contributed by atoms with E-state index in [0.29, 0.717) is 12.4 Å². The monoisotopic (exact) mass is 291 g/mol. The van der Waals surface area contributed by atoms with E-state index >= 15 is 0 Å². The predicted molar refractivity (Wildman–Crippen MR) is 78.6 cm³/mol. The van der Waals surface area contributed by atoms with E-state index in [9.17, 15) is 4.79 Å². The van der Waals surface area contributed by atoms with Crippen molar-refractivity contribution in [3.63, 3.8) is 0 Å². The van der Waals surface area contributed by atoms with Gasteiger partial charge in [0.1, 0.15) is 5.82 Å². The van der Waals surface area contributed by atoms with Gasteiger partial charge in [-0.15, -0.1) is 11.3 Å². The van der Waals surface area contributed by atoms with Gasteiger partial charge in [-0.05, 0) is 6.92 Å². The Morgan fingerprint density at radius 2 is 2.20 bits per heavy atom. The van der Waals surface area contributed by atoms with Crippen molar-refractivity contribution in [1.29, 1.82) is 0 Å². The molecule has 20 heavy (non-hydrogen) atoms. The van der Waals surface area contributed by atoms with Crippen molar-refractivity contribution in [1.82, 2.24) is 20.3 Å². The van der Waals surface area contributed by atoms with Crippen LogP contribution in [-0.4, -0.2) is 20.9 Å². The topological polar surface area (TPSA) is 93.8 Å². The second-order valence-electron chi connectivity index (χ2n) is 4.73. The van der Waals surface area contributed by atoms with Crippen LogP contribution in [0.4, 0.5) is 5.69 Å². The molecule has 2 aromatic heterocycles. The molecule has 0 aromatic carbocycles. The average Bonchev–Trinajstić information content (AvgIpc) is 2.82. The lowest BCUT2D eigenvalue weighted by atomic mass is 10.2. The third-order valence-corrected chi connectivity index (χ3v) is 3.49. The van der Waals surface area contributed by atoms with Gasteiger partial charge < -0.3 is 11.1 Å². The molecular formula is C13H17N5OS. The van der Waals surface area contributed by atoms with E-state index in [1.165, 1.54) is 6.20 Å². The van der Waals surface area contributed by atoms with E-state index in [1.54, 1.807) is 11.3 Å². The van der Waals surface area contributed by atoms with Gasteiger partial charge in [0.05, 0.1) is 29.1 Å². The molecule has 0 radical (unpaired) electrons. The second kappa shape index (κ2) is 5.96. The second-order valence-corrected chi connectivity index (χ2v) is 5.79. The number of anilines is 1. The normalized spacial score (nSPS) is 10.8. The summed E-state index contributed by atoms with van der Waals surface area (Å²) in [5.74, 6) is 0.439.